The largest absolute Gasteiger partial charge is 0.261 e. The monoisotopic (exact) mass is 262 g/mol. The molecule has 0 spiro atoms. The van der Waals surface area contributed by atoms with E-state index < -0.39 is 0 Å². The molecule has 0 aromatic carbocycles. The summed E-state index contributed by atoms with van der Waals surface area (Å²) in [6, 6.07) is 8.12. The van der Waals surface area contributed by atoms with Crippen LogP contribution in [0.3, 0.4) is 0 Å². The van der Waals surface area contributed by atoms with Gasteiger partial charge >= 0.3 is 0 Å². The van der Waals surface area contributed by atoms with Gasteiger partial charge in [0.2, 0.25) is 0 Å². The van der Waals surface area contributed by atoms with E-state index in [1.807, 2.05) is 37.5 Å². The first kappa shape index (κ1) is 10.3. The average molecular weight is 263 g/mol. The summed E-state index contributed by atoms with van der Waals surface area (Å²) in [7, 11) is 0. The van der Waals surface area contributed by atoms with Crippen molar-refractivity contribution in [1.29, 1.82) is 0 Å². The molecule has 15 heavy (non-hydrogen) atoms. The van der Waals surface area contributed by atoms with Crippen LogP contribution in [0.4, 0.5) is 0 Å². The number of hydrogen-bond donors (Lipinski definition) is 0. The predicted octanol–water partition coefficient (Wildman–Crippen LogP) is 3.35. The summed E-state index contributed by atoms with van der Waals surface area (Å²) >= 11 is 3.40. The zero-order valence-electron chi connectivity index (χ0n) is 8.44. The highest BCUT2D eigenvalue weighted by atomic mass is 79.9. The lowest BCUT2D eigenvalue weighted by Gasteiger charge is -2.01. The van der Waals surface area contributed by atoms with Gasteiger partial charge < -0.3 is 0 Å². The van der Waals surface area contributed by atoms with Crippen molar-refractivity contribution in [2.24, 2.45) is 0 Å². The van der Waals surface area contributed by atoms with Crippen molar-refractivity contribution in [1.82, 2.24) is 9.97 Å². The Kier molecular flexibility index (Phi) is 3.11. The zero-order valence-corrected chi connectivity index (χ0v) is 10.0. The van der Waals surface area contributed by atoms with Gasteiger partial charge in [0, 0.05) is 29.0 Å². The van der Waals surface area contributed by atoms with E-state index in [1.165, 1.54) is 5.56 Å². The van der Waals surface area contributed by atoms with Crippen LogP contribution in [-0.4, -0.2) is 9.97 Å². The van der Waals surface area contributed by atoms with Gasteiger partial charge in [-0.25, -0.2) is 0 Å². The predicted molar refractivity (Wildman–Crippen MR) is 64.8 cm³/mol. The lowest BCUT2D eigenvalue weighted by atomic mass is 10.1. The highest BCUT2D eigenvalue weighted by molar-refractivity contribution is 9.08. The molecule has 0 amide bonds. The van der Waals surface area contributed by atoms with Crippen molar-refractivity contribution in [2.45, 2.75) is 12.3 Å². The Balaban J connectivity index is 2.33. The van der Waals surface area contributed by atoms with Gasteiger partial charge in [-0.15, -0.1) is 0 Å². The molecule has 2 aromatic rings. The lowest BCUT2D eigenvalue weighted by molar-refractivity contribution is 1.19. The number of nitrogens with zero attached hydrogens (tertiary/aromatic N) is 2. The van der Waals surface area contributed by atoms with Crippen molar-refractivity contribution in [3.63, 3.8) is 0 Å². The molecule has 0 N–H and O–H groups in total. The number of aromatic nitrogens is 2. The number of rotatable bonds is 2. The number of halogens is 1. The molecule has 76 valence electrons. The average Bonchev–Trinajstić information content (AvgIpc) is 2.30. The summed E-state index contributed by atoms with van der Waals surface area (Å²) in [6.45, 7) is 1.98. The van der Waals surface area contributed by atoms with E-state index >= 15 is 0 Å². The molecule has 2 aromatic heterocycles. The number of pyridine rings is 2. The molecule has 0 saturated heterocycles. The fourth-order valence-electron chi connectivity index (χ4n) is 1.29. The quantitative estimate of drug-likeness (QED) is 0.776. The molecule has 0 unspecified atom stereocenters. The molecular formula is C12H11BrN2. The molecule has 0 atom stereocenters. The Morgan fingerprint density at radius 3 is 2.47 bits per heavy atom. The van der Waals surface area contributed by atoms with Crippen molar-refractivity contribution in [3.05, 3.63) is 47.9 Å². The minimum Gasteiger partial charge on any atom is -0.261 e. The molecule has 0 radical (unpaired) electrons. The summed E-state index contributed by atoms with van der Waals surface area (Å²) in [6.07, 6.45) is 3.73. The molecule has 2 rings (SSSR count). The van der Waals surface area contributed by atoms with Crippen LogP contribution < -0.4 is 0 Å². The molecule has 2 heterocycles. The molecule has 0 aliphatic heterocycles. The summed E-state index contributed by atoms with van der Waals surface area (Å²) < 4.78 is 0. The van der Waals surface area contributed by atoms with Crippen LogP contribution in [0.5, 0.6) is 0 Å². The van der Waals surface area contributed by atoms with Crippen LogP contribution >= 0.6 is 15.9 Å². The smallest absolute Gasteiger partial charge is 0.0717 e. The van der Waals surface area contributed by atoms with E-state index in [9.17, 15) is 0 Å². The van der Waals surface area contributed by atoms with Crippen LogP contribution in [0.25, 0.3) is 11.3 Å². The van der Waals surface area contributed by atoms with E-state index in [2.05, 4.69) is 32.0 Å². The Morgan fingerprint density at radius 1 is 1.07 bits per heavy atom. The standard InChI is InChI=1S/C12H11BrN2/c1-9-2-4-11(8-14-9)12-5-3-10(6-13)7-15-12/h2-5,7-8H,6H2,1H3. The Hall–Kier alpha value is -1.22. The van der Waals surface area contributed by atoms with Crippen LogP contribution in [0.1, 0.15) is 11.3 Å². The third-order valence-electron chi connectivity index (χ3n) is 2.19. The van der Waals surface area contributed by atoms with Crippen molar-refractivity contribution >= 4 is 15.9 Å². The van der Waals surface area contributed by atoms with Crippen molar-refractivity contribution in [3.8, 4) is 11.3 Å². The maximum absolute atomic E-state index is 4.38. The van der Waals surface area contributed by atoms with Gasteiger partial charge in [0.25, 0.3) is 0 Å². The Labute approximate surface area is 97.5 Å². The van der Waals surface area contributed by atoms with Crippen LogP contribution in [0.15, 0.2) is 36.7 Å². The first-order valence-electron chi connectivity index (χ1n) is 4.73. The van der Waals surface area contributed by atoms with Crippen molar-refractivity contribution < 1.29 is 0 Å². The normalized spacial score (nSPS) is 10.3. The van der Waals surface area contributed by atoms with Crippen molar-refractivity contribution in [2.75, 3.05) is 0 Å². The molecule has 0 aliphatic rings. The van der Waals surface area contributed by atoms with Gasteiger partial charge in [-0.1, -0.05) is 22.0 Å². The van der Waals surface area contributed by atoms with Gasteiger partial charge in [-0.05, 0) is 30.7 Å². The maximum Gasteiger partial charge on any atom is 0.0717 e. The molecule has 0 saturated carbocycles. The summed E-state index contributed by atoms with van der Waals surface area (Å²) in [4.78, 5) is 8.63. The Morgan fingerprint density at radius 2 is 1.93 bits per heavy atom. The van der Waals surface area contributed by atoms with Crippen LogP contribution in [0, 0.1) is 6.92 Å². The van der Waals surface area contributed by atoms with Gasteiger partial charge in [-0.3, -0.25) is 9.97 Å². The van der Waals surface area contributed by atoms with Gasteiger partial charge in [0.15, 0.2) is 0 Å². The molecule has 0 fully saturated rings. The second-order valence-corrected chi connectivity index (χ2v) is 3.93. The Bertz CT molecular complexity index is 434. The summed E-state index contributed by atoms with van der Waals surface area (Å²) in [5.74, 6) is 0. The molecular weight excluding hydrogens is 252 g/mol. The van der Waals surface area contributed by atoms with E-state index in [1.54, 1.807) is 0 Å². The summed E-state index contributed by atoms with van der Waals surface area (Å²) in [5.41, 5.74) is 4.23. The minimum atomic E-state index is 0.840. The highest BCUT2D eigenvalue weighted by Crippen LogP contribution is 2.16. The fraction of sp³-hybridized carbons (Fsp3) is 0.167. The third kappa shape index (κ3) is 2.42. The van der Waals surface area contributed by atoms with Crippen LogP contribution in [0.2, 0.25) is 0 Å². The van der Waals surface area contributed by atoms with Gasteiger partial charge in [-0.2, -0.15) is 0 Å². The van der Waals surface area contributed by atoms with Crippen LogP contribution in [-0.2, 0) is 5.33 Å². The highest BCUT2D eigenvalue weighted by Gasteiger charge is 1.99. The number of hydrogen-bond acceptors (Lipinski definition) is 2. The first-order chi connectivity index (χ1) is 7.29. The third-order valence-corrected chi connectivity index (χ3v) is 2.83. The molecule has 3 heteroatoms. The maximum atomic E-state index is 4.38. The molecule has 2 nitrogen and oxygen atoms in total. The summed E-state index contributed by atoms with van der Waals surface area (Å²) in [5, 5.41) is 0.840. The second-order valence-electron chi connectivity index (χ2n) is 3.37. The van der Waals surface area contributed by atoms with Gasteiger partial charge in [0.1, 0.15) is 0 Å². The molecule has 0 bridgehead atoms. The fourth-order valence-corrected chi connectivity index (χ4v) is 1.63. The van der Waals surface area contributed by atoms with E-state index in [4.69, 9.17) is 0 Å². The second kappa shape index (κ2) is 4.53. The number of alkyl halides is 1. The van der Waals surface area contributed by atoms with E-state index in [0.717, 1.165) is 22.3 Å². The topological polar surface area (TPSA) is 25.8 Å². The zero-order chi connectivity index (χ0) is 10.7. The van der Waals surface area contributed by atoms with Gasteiger partial charge in [0.05, 0.1) is 5.69 Å². The van der Waals surface area contributed by atoms with E-state index in [-0.39, 0.29) is 0 Å². The lowest BCUT2D eigenvalue weighted by Crippen LogP contribution is -1.87. The first-order valence-corrected chi connectivity index (χ1v) is 5.85. The van der Waals surface area contributed by atoms with E-state index in [0.29, 0.717) is 0 Å². The molecule has 0 aliphatic carbocycles. The minimum absolute atomic E-state index is 0.840. The number of aryl methyl sites for hydroxylation is 1. The SMILES string of the molecule is Cc1ccc(-c2ccc(CBr)cn2)cn1.